The third-order valence-electron chi connectivity index (χ3n) is 5.68. The van der Waals surface area contributed by atoms with Crippen molar-refractivity contribution in [1.82, 2.24) is 10.2 Å². The van der Waals surface area contributed by atoms with Gasteiger partial charge in [0.05, 0.1) is 5.75 Å². The SMILES string of the molecule is CCCNC(=O)[C@@H](Cc1ccccc1)N(Cc1ccc(C)cc1)C(=O)CSCc1cccc(Cl)c1. The van der Waals surface area contributed by atoms with E-state index in [0.29, 0.717) is 30.3 Å². The predicted molar refractivity (Wildman–Crippen MR) is 147 cm³/mol. The highest BCUT2D eigenvalue weighted by Gasteiger charge is 2.30. The number of rotatable bonds is 12. The fourth-order valence-electron chi connectivity index (χ4n) is 3.78. The highest BCUT2D eigenvalue weighted by Crippen LogP contribution is 2.20. The second kappa shape index (κ2) is 14.0. The second-order valence-corrected chi connectivity index (χ2v) is 10.0. The molecule has 6 heteroatoms. The van der Waals surface area contributed by atoms with Crippen LogP contribution >= 0.6 is 23.4 Å². The molecule has 0 saturated heterocycles. The summed E-state index contributed by atoms with van der Waals surface area (Å²) in [6, 6.07) is 25.1. The summed E-state index contributed by atoms with van der Waals surface area (Å²) in [7, 11) is 0. The summed E-state index contributed by atoms with van der Waals surface area (Å²) in [4.78, 5) is 28.6. The van der Waals surface area contributed by atoms with Crippen LogP contribution in [0.2, 0.25) is 5.02 Å². The van der Waals surface area contributed by atoms with E-state index in [1.54, 1.807) is 4.90 Å². The van der Waals surface area contributed by atoms with Gasteiger partial charge in [-0.15, -0.1) is 11.8 Å². The van der Waals surface area contributed by atoms with Crippen molar-refractivity contribution in [2.75, 3.05) is 12.3 Å². The lowest BCUT2D eigenvalue weighted by molar-refractivity contribution is -0.139. The normalized spacial score (nSPS) is 11.6. The Bertz CT molecular complexity index is 1090. The first-order valence-corrected chi connectivity index (χ1v) is 13.5. The highest BCUT2D eigenvalue weighted by molar-refractivity contribution is 7.99. The van der Waals surface area contributed by atoms with Gasteiger partial charge in [-0.25, -0.2) is 0 Å². The molecule has 0 aliphatic heterocycles. The van der Waals surface area contributed by atoms with Crippen molar-refractivity contribution in [3.05, 3.63) is 106 Å². The van der Waals surface area contributed by atoms with Gasteiger partial charge < -0.3 is 10.2 Å². The van der Waals surface area contributed by atoms with Gasteiger partial charge in [0.1, 0.15) is 6.04 Å². The van der Waals surface area contributed by atoms with E-state index in [0.717, 1.165) is 28.7 Å². The molecule has 0 heterocycles. The van der Waals surface area contributed by atoms with Gasteiger partial charge in [0, 0.05) is 30.3 Å². The molecule has 35 heavy (non-hydrogen) atoms. The molecule has 3 aromatic carbocycles. The largest absolute Gasteiger partial charge is 0.354 e. The average Bonchev–Trinajstić information content (AvgIpc) is 2.86. The van der Waals surface area contributed by atoms with E-state index < -0.39 is 6.04 Å². The first-order chi connectivity index (χ1) is 17.0. The van der Waals surface area contributed by atoms with Crippen molar-refractivity contribution in [3.63, 3.8) is 0 Å². The molecule has 0 aliphatic carbocycles. The molecule has 1 N–H and O–H groups in total. The van der Waals surface area contributed by atoms with Crippen LogP contribution in [0.5, 0.6) is 0 Å². The Kier molecular flexibility index (Phi) is 10.7. The number of nitrogens with zero attached hydrogens (tertiary/aromatic N) is 1. The molecule has 0 radical (unpaired) electrons. The predicted octanol–water partition coefficient (Wildman–Crippen LogP) is 6.05. The maximum absolute atomic E-state index is 13.6. The summed E-state index contributed by atoms with van der Waals surface area (Å²) in [6.45, 7) is 5.03. The van der Waals surface area contributed by atoms with Gasteiger partial charge in [-0.3, -0.25) is 9.59 Å². The Labute approximate surface area is 218 Å². The van der Waals surface area contributed by atoms with Gasteiger partial charge in [0.15, 0.2) is 0 Å². The van der Waals surface area contributed by atoms with Crippen LogP contribution in [-0.4, -0.2) is 35.1 Å². The van der Waals surface area contributed by atoms with Crippen LogP contribution in [0.25, 0.3) is 0 Å². The highest BCUT2D eigenvalue weighted by atomic mass is 35.5. The lowest BCUT2D eigenvalue weighted by Gasteiger charge is -2.31. The van der Waals surface area contributed by atoms with E-state index in [4.69, 9.17) is 11.6 Å². The maximum atomic E-state index is 13.6. The van der Waals surface area contributed by atoms with E-state index in [9.17, 15) is 9.59 Å². The fraction of sp³-hybridized carbons (Fsp3) is 0.310. The van der Waals surface area contributed by atoms with Gasteiger partial charge >= 0.3 is 0 Å². The molecular weight excluding hydrogens is 476 g/mol. The lowest BCUT2D eigenvalue weighted by atomic mass is 10.0. The standard InChI is InChI=1S/C29H33ClN2O2S/c1-3-16-31-29(34)27(18-23-8-5-4-6-9-23)32(19-24-14-12-22(2)13-15-24)28(33)21-35-20-25-10-7-11-26(30)17-25/h4-15,17,27H,3,16,18-21H2,1-2H3,(H,31,34)/t27-/m1/s1. The number of hydrogen-bond acceptors (Lipinski definition) is 3. The number of hydrogen-bond donors (Lipinski definition) is 1. The van der Waals surface area contributed by atoms with Crippen molar-refractivity contribution in [2.45, 2.75) is 45.0 Å². The summed E-state index contributed by atoms with van der Waals surface area (Å²) in [6.07, 6.45) is 1.30. The van der Waals surface area contributed by atoms with Gasteiger partial charge in [0.2, 0.25) is 11.8 Å². The molecule has 3 rings (SSSR count). The molecule has 0 spiro atoms. The zero-order valence-corrected chi connectivity index (χ0v) is 21.9. The first-order valence-electron chi connectivity index (χ1n) is 11.9. The maximum Gasteiger partial charge on any atom is 0.243 e. The molecule has 3 aromatic rings. The number of benzene rings is 3. The fourth-order valence-corrected chi connectivity index (χ4v) is 4.85. The molecular formula is C29H33ClN2O2S. The summed E-state index contributed by atoms with van der Waals surface area (Å²) < 4.78 is 0. The molecule has 0 unspecified atom stereocenters. The minimum Gasteiger partial charge on any atom is -0.354 e. The molecule has 1 atom stereocenters. The zero-order valence-electron chi connectivity index (χ0n) is 20.4. The molecule has 0 bridgehead atoms. The van der Waals surface area contributed by atoms with Crippen molar-refractivity contribution >= 4 is 35.2 Å². The topological polar surface area (TPSA) is 49.4 Å². The number of halogens is 1. The minimum absolute atomic E-state index is 0.0508. The summed E-state index contributed by atoms with van der Waals surface area (Å²) in [5, 5.41) is 3.70. The molecule has 0 aromatic heterocycles. The Balaban J connectivity index is 1.82. The molecule has 0 aliphatic rings. The smallest absolute Gasteiger partial charge is 0.243 e. The third kappa shape index (κ3) is 8.75. The van der Waals surface area contributed by atoms with Crippen molar-refractivity contribution in [3.8, 4) is 0 Å². The van der Waals surface area contributed by atoms with Gasteiger partial charge in [-0.2, -0.15) is 0 Å². The Morgan fingerprint density at radius 1 is 0.943 bits per heavy atom. The van der Waals surface area contributed by atoms with E-state index in [2.05, 4.69) is 5.32 Å². The molecule has 4 nitrogen and oxygen atoms in total. The zero-order chi connectivity index (χ0) is 25.0. The summed E-state index contributed by atoms with van der Waals surface area (Å²) in [5.74, 6) is 0.794. The van der Waals surface area contributed by atoms with E-state index in [1.807, 2.05) is 92.7 Å². The van der Waals surface area contributed by atoms with Gasteiger partial charge in [-0.1, -0.05) is 90.8 Å². The van der Waals surface area contributed by atoms with Crippen LogP contribution in [0.15, 0.2) is 78.9 Å². The number of thioether (sulfide) groups is 1. The molecule has 0 saturated carbocycles. The van der Waals surface area contributed by atoms with Crippen LogP contribution in [0.1, 0.15) is 35.6 Å². The number of nitrogens with one attached hydrogen (secondary N) is 1. The van der Waals surface area contributed by atoms with E-state index in [-0.39, 0.29) is 17.6 Å². The average molecular weight is 509 g/mol. The van der Waals surface area contributed by atoms with Crippen LogP contribution in [0, 0.1) is 6.92 Å². The molecule has 2 amide bonds. The number of carbonyl (C=O) groups is 2. The Morgan fingerprint density at radius 2 is 1.66 bits per heavy atom. The Hall–Kier alpha value is -2.76. The lowest BCUT2D eigenvalue weighted by Crippen LogP contribution is -2.51. The number of carbonyl (C=O) groups excluding carboxylic acids is 2. The Morgan fingerprint density at radius 3 is 2.34 bits per heavy atom. The van der Waals surface area contributed by atoms with Crippen LogP contribution in [-0.2, 0) is 28.3 Å². The van der Waals surface area contributed by atoms with Crippen molar-refractivity contribution in [2.24, 2.45) is 0 Å². The minimum atomic E-state index is -0.593. The summed E-state index contributed by atoms with van der Waals surface area (Å²) >= 11 is 7.64. The number of amides is 2. The van der Waals surface area contributed by atoms with E-state index >= 15 is 0 Å². The summed E-state index contributed by atoms with van der Waals surface area (Å²) in [5.41, 5.74) is 4.26. The van der Waals surface area contributed by atoms with Crippen molar-refractivity contribution in [1.29, 1.82) is 0 Å². The molecule has 0 fully saturated rings. The van der Waals surface area contributed by atoms with Crippen LogP contribution in [0.3, 0.4) is 0 Å². The van der Waals surface area contributed by atoms with Crippen LogP contribution in [0.4, 0.5) is 0 Å². The van der Waals surface area contributed by atoms with Crippen molar-refractivity contribution < 1.29 is 9.59 Å². The van der Waals surface area contributed by atoms with Gasteiger partial charge in [-0.05, 0) is 42.2 Å². The van der Waals surface area contributed by atoms with E-state index in [1.165, 1.54) is 11.8 Å². The quantitative estimate of drug-likeness (QED) is 0.324. The van der Waals surface area contributed by atoms with Crippen LogP contribution < -0.4 is 5.32 Å². The third-order valence-corrected chi connectivity index (χ3v) is 6.90. The first kappa shape index (κ1) is 26.8. The monoisotopic (exact) mass is 508 g/mol. The number of aryl methyl sites for hydroxylation is 1. The molecule has 184 valence electrons. The van der Waals surface area contributed by atoms with Gasteiger partial charge in [0.25, 0.3) is 0 Å². The second-order valence-electron chi connectivity index (χ2n) is 8.63.